The van der Waals surface area contributed by atoms with Crippen molar-refractivity contribution < 1.29 is 19.4 Å². The van der Waals surface area contributed by atoms with Crippen LogP contribution >= 0.6 is 0 Å². The second-order valence-corrected chi connectivity index (χ2v) is 30.9. The summed E-state index contributed by atoms with van der Waals surface area (Å²) in [6.07, 6.45) is 103. The molecule has 538 valence electrons. The number of hydrogen-bond acceptors (Lipinski definition) is 4. The van der Waals surface area contributed by atoms with Crippen LogP contribution in [0.25, 0.3) is 0 Å². The summed E-state index contributed by atoms with van der Waals surface area (Å²) in [6, 6.07) is 0. The number of rotatable bonds is 79. The van der Waals surface area contributed by atoms with E-state index in [9.17, 15) is 9.90 Å². The molecule has 0 aromatic heterocycles. The molecule has 1 saturated carbocycles. The molecule has 1 fully saturated rings. The Balaban J connectivity index is 1.77. The second-order valence-electron chi connectivity index (χ2n) is 30.9. The number of esters is 1. The van der Waals surface area contributed by atoms with Gasteiger partial charge in [-0.3, -0.25) is 4.79 Å². The molecule has 0 saturated heterocycles. The van der Waals surface area contributed by atoms with Crippen LogP contribution in [0.5, 0.6) is 0 Å². The lowest BCUT2D eigenvalue weighted by atomic mass is 9.91. The summed E-state index contributed by atoms with van der Waals surface area (Å²) in [7, 11) is 3.47. The highest BCUT2D eigenvalue weighted by Gasteiger charge is 2.44. The first kappa shape index (κ1) is 87.4. The summed E-state index contributed by atoms with van der Waals surface area (Å²) in [6.45, 7) is 7.10. The number of unbranched alkanes of at least 4 members (excludes halogenated alkanes) is 66. The van der Waals surface area contributed by atoms with Gasteiger partial charge in [0.2, 0.25) is 0 Å². The Bertz CT molecular complexity index is 1350. The SMILES string of the molecule is CCCCCCCCCCCCCCCCCCCCCCCC[C@H](C(=O)OC)[C@H](O)CCCCCCCCCCCCCCCCCCCCCCCCCCCCCCCCC[C@@H]1C[C@@H]1[C@H](OC)[C@H](C)CCCCCCCCCCCCCCCCCC. The molecule has 0 unspecified atom stereocenters. The van der Waals surface area contributed by atoms with Gasteiger partial charge in [-0.2, -0.15) is 0 Å². The van der Waals surface area contributed by atoms with E-state index in [1.807, 2.05) is 7.11 Å². The van der Waals surface area contributed by atoms with Crippen molar-refractivity contribution in [3.8, 4) is 0 Å². The standard InChI is InChI=1S/C86H170O4/c1-6-8-10-12-14-16-18-20-22-24-25-26-39-42-45-49-53-57-61-65-69-73-77-82(86(88)90-5)84(87)78-74-70-66-62-58-54-50-46-43-40-37-35-33-31-29-27-28-30-32-34-36-38-41-44-48-52-56-60-64-68-72-76-81-79-83(81)85(89-4)80(3)75-71-67-63-59-55-51-47-23-21-19-17-15-13-11-9-7-2/h80-85,87H,6-79H2,1-5H3/t80-,81-,82+,83+,84-,85-/m1/s1. The minimum atomic E-state index is -0.554. The first-order valence-electron chi connectivity index (χ1n) is 42.8. The summed E-state index contributed by atoms with van der Waals surface area (Å²) >= 11 is 0. The number of aliphatic hydroxyl groups excluding tert-OH is 1. The van der Waals surface area contributed by atoms with Crippen molar-refractivity contribution >= 4 is 5.97 Å². The summed E-state index contributed by atoms with van der Waals surface area (Å²) in [5.41, 5.74) is 0. The van der Waals surface area contributed by atoms with Crippen molar-refractivity contribution in [2.24, 2.45) is 23.7 Å². The predicted molar refractivity (Wildman–Crippen MR) is 401 cm³/mol. The molecule has 0 radical (unpaired) electrons. The van der Waals surface area contributed by atoms with Crippen LogP contribution in [0.15, 0.2) is 0 Å². The second kappa shape index (κ2) is 72.7. The lowest BCUT2D eigenvalue weighted by Crippen LogP contribution is -2.29. The molecule has 0 heterocycles. The number of methoxy groups -OCH3 is 2. The van der Waals surface area contributed by atoms with E-state index in [1.165, 1.54) is 450 Å². The maximum atomic E-state index is 12.6. The van der Waals surface area contributed by atoms with E-state index in [-0.39, 0.29) is 11.9 Å². The van der Waals surface area contributed by atoms with Crippen LogP contribution in [0.3, 0.4) is 0 Å². The molecule has 1 aliphatic carbocycles. The van der Waals surface area contributed by atoms with Gasteiger partial charge in [0.15, 0.2) is 0 Å². The molecule has 0 bridgehead atoms. The van der Waals surface area contributed by atoms with E-state index < -0.39 is 6.10 Å². The van der Waals surface area contributed by atoms with E-state index >= 15 is 0 Å². The molecule has 1 aliphatic rings. The highest BCUT2D eigenvalue weighted by atomic mass is 16.5. The Morgan fingerprint density at radius 1 is 0.311 bits per heavy atom. The topological polar surface area (TPSA) is 55.8 Å². The molecule has 90 heavy (non-hydrogen) atoms. The van der Waals surface area contributed by atoms with Crippen LogP contribution in [0.4, 0.5) is 0 Å². The molecule has 0 aromatic carbocycles. The van der Waals surface area contributed by atoms with Gasteiger partial charge < -0.3 is 14.6 Å². The fraction of sp³-hybridized carbons (Fsp3) is 0.988. The Morgan fingerprint density at radius 2 is 0.522 bits per heavy atom. The third-order valence-electron chi connectivity index (χ3n) is 22.2. The average Bonchev–Trinajstić information content (AvgIpc) is 1.75. The first-order valence-corrected chi connectivity index (χ1v) is 42.8. The van der Waals surface area contributed by atoms with Gasteiger partial charge >= 0.3 is 5.97 Å². The van der Waals surface area contributed by atoms with Gasteiger partial charge in [-0.15, -0.1) is 0 Å². The summed E-state index contributed by atoms with van der Waals surface area (Å²) < 4.78 is 11.3. The number of hydrogen-bond donors (Lipinski definition) is 1. The Morgan fingerprint density at radius 3 is 0.756 bits per heavy atom. The van der Waals surface area contributed by atoms with Crippen LogP contribution in [0.2, 0.25) is 0 Å². The zero-order chi connectivity index (χ0) is 64.8. The van der Waals surface area contributed by atoms with Gasteiger partial charge in [-0.25, -0.2) is 0 Å². The molecule has 0 amide bonds. The molecule has 0 aromatic rings. The van der Waals surface area contributed by atoms with Crippen molar-refractivity contribution in [3.63, 3.8) is 0 Å². The normalized spacial score (nSPS) is 15.4. The van der Waals surface area contributed by atoms with Crippen LogP contribution in [-0.2, 0) is 14.3 Å². The Labute approximate surface area is 568 Å². The van der Waals surface area contributed by atoms with Crippen LogP contribution in [0, 0.1) is 23.7 Å². The predicted octanol–water partition coefficient (Wildman–Crippen LogP) is 29.9. The van der Waals surface area contributed by atoms with Gasteiger partial charge in [-0.05, 0) is 43.4 Å². The lowest BCUT2D eigenvalue weighted by molar-refractivity contribution is -0.150. The van der Waals surface area contributed by atoms with Gasteiger partial charge in [0.05, 0.1) is 25.2 Å². The Kier molecular flexibility index (Phi) is 70.6. The number of ether oxygens (including phenoxy) is 2. The smallest absolute Gasteiger partial charge is 0.311 e. The van der Waals surface area contributed by atoms with Crippen molar-refractivity contribution in [1.29, 1.82) is 0 Å². The highest BCUT2D eigenvalue weighted by molar-refractivity contribution is 5.72. The molecule has 1 rings (SSSR count). The van der Waals surface area contributed by atoms with E-state index in [2.05, 4.69) is 20.8 Å². The van der Waals surface area contributed by atoms with Crippen molar-refractivity contribution in [3.05, 3.63) is 0 Å². The van der Waals surface area contributed by atoms with E-state index in [1.54, 1.807) is 0 Å². The fourth-order valence-corrected chi connectivity index (χ4v) is 15.7. The van der Waals surface area contributed by atoms with E-state index in [0.29, 0.717) is 6.10 Å². The fourth-order valence-electron chi connectivity index (χ4n) is 15.7. The lowest BCUT2D eigenvalue weighted by Gasteiger charge is -2.23. The van der Waals surface area contributed by atoms with Gasteiger partial charge in [0.1, 0.15) is 0 Å². The summed E-state index contributed by atoms with van der Waals surface area (Å²) in [5, 5.41) is 10.9. The zero-order valence-electron chi connectivity index (χ0n) is 63.0. The molecule has 6 atom stereocenters. The minimum Gasteiger partial charge on any atom is -0.469 e. The quantitative estimate of drug-likeness (QED) is 0.0487. The zero-order valence-corrected chi connectivity index (χ0v) is 63.0. The van der Waals surface area contributed by atoms with Crippen molar-refractivity contribution in [2.45, 2.75) is 508 Å². The van der Waals surface area contributed by atoms with Crippen molar-refractivity contribution in [2.75, 3.05) is 14.2 Å². The molecule has 0 spiro atoms. The first-order chi connectivity index (χ1) is 44.5. The number of carbonyl (C=O) groups is 1. The minimum absolute atomic E-state index is 0.210. The van der Waals surface area contributed by atoms with Crippen molar-refractivity contribution in [1.82, 2.24) is 0 Å². The van der Waals surface area contributed by atoms with Gasteiger partial charge in [0, 0.05) is 7.11 Å². The number of carbonyl (C=O) groups excluding carboxylic acids is 1. The molecule has 1 N–H and O–H groups in total. The third kappa shape index (κ3) is 61.0. The van der Waals surface area contributed by atoms with Crippen LogP contribution in [0.1, 0.15) is 496 Å². The molecule has 4 heteroatoms. The van der Waals surface area contributed by atoms with E-state index in [4.69, 9.17) is 9.47 Å². The summed E-state index contributed by atoms with van der Waals surface area (Å²) in [5.74, 6) is 1.99. The van der Waals surface area contributed by atoms with Crippen LogP contribution in [-0.4, -0.2) is 37.5 Å². The Hall–Kier alpha value is -0.610. The van der Waals surface area contributed by atoms with E-state index in [0.717, 1.165) is 49.9 Å². The molecule has 0 aliphatic heterocycles. The maximum Gasteiger partial charge on any atom is 0.311 e. The highest BCUT2D eigenvalue weighted by Crippen LogP contribution is 2.48. The van der Waals surface area contributed by atoms with Gasteiger partial charge in [-0.1, -0.05) is 470 Å². The molecule has 4 nitrogen and oxygen atoms in total. The number of aliphatic hydroxyl groups is 1. The molecular weight excluding hydrogens is 1100 g/mol. The average molecular weight is 1270 g/mol. The monoisotopic (exact) mass is 1270 g/mol. The third-order valence-corrected chi connectivity index (χ3v) is 22.2. The largest absolute Gasteiger partial charge is 0.469 e. The molecular formula is C86H170O4. The van der Waals surface area contributed by atoms with Gasteiger partial charge in [0.25, 0.3) is 0 Å². The van der Waals surface area contributed by atoms with Crippen LogP contribution < -0.4 is 0 Å². The summed E-state index contributed by atoms with van der Waals surface area (Å²) in [4.78, 5) is 12.6. The maximum absolute atomic E-state index is 12.6.